The number of hydrogen-bond donors (Lipinski definition) is 0. The predicted molar refractivity (Wildman–Crippen MR) is 105 cm³/mol. The Kier molecular flexibility index (Phi) is 4.27. The summed E-state index contributed by atoms with van der Waals surface area (Å²) >= 11 is 7.23. The molecule has 0 aliphatic rings. The van der Waals surface area contributed by atoms with E-state index in [9.17, 15) is 0 Å². The van der Waals surface area contributed by atoms with Crippen LogP contribution in [0, 0.1) is 0 Å². The van der Waals surface area contributed by atoms with Crippen molar-refractivity contribution in [1.29, 1.82) is 0 Å². The molecule has 136 valence electrons. The molecule has 28 heavy (non-hydrogen) atoms. The van der Waals surface area contributed by atoms with Gasteiger partial charge < -0.3 is 4.42 Å². The SMILES string of the molecule is Clc1ccc(-c2nnc(Sc3cc(-c4ccccc4)nc4ncnn34)o2)cc1. The average Bonchev–Trinajstić information content (AvgIpc) is 3.39. The van der Waals surface area contributed by atoms with Gasteiger partial charge in [0, 0.05) is 16.1 Å². The largest absolute Gasteiger partial charge is 0.411 e. The van der Waals surface area contributed by atoms with Gasteiger partial charge in [-0.1, -0.05) is 41.9 Å². The Morgan fingerprint density at radius 3 is 2.57 bits per heavy atom. The highest BCUT2D eigenvalue weighted by atomic mass is 35.5. The van der Waals surface area contributed by atoms with Gasteiger partial charge in [0.15, 0.2) is 0 Å². The molecule has 0 atom stereocenters. The Morgan fingerprint density at radius 1 is 0.929 bits per heavy atom. The number of rotatable bonds is 4. The number of fused-ring (bicyclic) bond motifs is 1. The fraction of sp³-hybridized carbons (Fsp3) is 0. The fourth-order valence-electron chi connectivity index (χ4n) is 2.66. The van der Waals surface area contributed by atoms with E-state index in [1.807, 2.05) is 48.5 Å². The van der Waals surface area contributed by atoms with Crippen molar-refractivity contribution in [1.82, 2.24) is 29.8 Å². The third-order valence-corrected chi connectivity index (χ3v) is 5.07. The molecule has 3 heterocycles. The molecule has 7 nitrogen and oxygen atoms in total. The average molecular weight is 407 g/mol. The number of nitrogens with zero attached hydrogens (tertiary/aromatic N) is 6. The van der Waals surface area contributed by atoms with Crippen LogP contribution < -0.4 is 0 Å². The van der Waals surface area contributed by atoms with Crippen molar-refractivity contribution in [2.24, 2.45) is 0 Å². The number of aromatic nitrogens is 6. The summed E-state index contributed by atoms with van der Waals surface area (Å²) in [5, 5.41) is 14.3. The minimum Gasteiger partial charge on any atom is -0.411 e. The van der Waals surface area contributed by atoms with E-state index in [1.54, 1.807) is 16.6 Å². The first-order valence-electron chi connectivity index (χ1n) is 8.30. The first-order chi connectivity index (χ1) is 13.8. The lowest BCUT2D eigenvalue weighted by atomic mass is 10.1. The molecule has 2 aromatic carbocycles. The number of hydrogen-bond acceptors (Lipinski definition) is 7. The van der Waals surface area contributed by atoms with Gasteiger partial charge in [0.25, 0.3) is 11.0 Å². The highest BCUT2D eigenvalue weighted by molar-refractivity contribution is 7.99. The molecule has 0 bridgehead atoms. The molecule has 0 saturated carbocycles. The van der Waals surface area contributed by atoms with Gasteiger partial charge in [-0.2, -0.15) is 14.6 Å². The Labute approximate surface area is 168 Å². The summed E-state index contributed by atoms with van der Waals surface area (Å²) in [6, 6.07) is 19.0. The smallest absolute Gasteiger partial charge is 0.283 e. The Morgan fingerprint density at radius 2 is 1.75 bits per heavy atom. The van der Waals surface area contributed by atoms with Crippen molar-refractivity contribution in [3.05, 3.63) is 72.0 Å². The highest BCUT2D eigenvalue weighted by Crippen LogP contribution is 2.31. The van der Waals surface area contributed by atoms with E-state index in [0.717, 1.165) is 21.8 Å². The van der Waals surface area contributed by atoms with Crippen LogP contribution >= 0.6 is 23.4 Å². The molecule has 0 amide bonds. The van der Waals surface area contributed by atoms with Crippen LogP contribution in [0.15, 0.2) is 81.7 Å². The van der Waals surface area contributed by atoms with Crippen LogP contribution in [-0.4, -0.2) is 29.8 Å². The van der Waals surface area contributed by atoms with Crippen molar-refractivity contribution in [2.75, 3.05) is 0 Å². The summed E-state index contributed by atoms with van der Waals surface area (Å²) in [4.78, 5) is 8.78. The second-order valence-electron chi connectivity index (χ2n) is 5.80. The van der Waals surface area contributed by atoms with Crippen molar-refractivity contribution >= 4 is 29.1 Å². The molecule has 0 fully saturated rings. The van der Waals surface area contributed by atoms with Gasteiger partial charge in [0.05, 0.1) is 5.69 Å². The molecule has 0 aliphatic carbocycles. The standard InChI is InChI=1S/C19H11ClN6OS/c20-14-8-6-13(7-9-14)17-24-25-19(27-17)28-16-10-15(12-4-2-1-3-5-12)23-18-21-11-22-26(16)18/h1-11H. The van der Waals surface area contributed by atoms with Crippen LogP contribution in [0.5, 0.6) is 0 Å². The van der Waals surface area contributed by atoms with Crippen LogP contribution in [0.25, 0.3) is 28.5 Å². The predicted octanol–water partition coefficient (Wildman–Crippen LogP) is 4.65. The zero-order valence-electron chi connectivity index (χ0n) is 14.2. The normalized spacial score (nSPS) is 11.2. The highest BCUT2D eigenvalue weighted by Gasteiger charge is 2.15. The van der Waals surface area contributed by atoms with Crippen LogP contribution in [0.2, 0.25) is 5.02 Å². The zero-order valence-corrected chi connectivity index (χ0v) is 15.8. The molecular formula is C19H11ClN6OS. The number of benzene rings is 2. The van der Waals surface area contributed by atoms with Crippen LogP contribution in [0.1, 0.15) is 0 Å². The lowest BCUT2D eigenvalue weighted by Crippen LogP contribution is -1.97. The third-order valence-electron chi connectivity index (χ3n) is 3.98. The van der Waals surface area contributed by atoms with Gasteiger partial charge in [-0.3, -0.25) is 0 Å². The Bertz CT molecular complexity index is 1250. The minimum absolute atomic E-state index is 0.395. The summed E-state index contributed by atoms with van der Waals surface area (Å²) < 4.78 is 7.44. The van der Waals surface area contributed by atoms with E-state index >= 15 is 0 Å². The topological polar surface area (TPSA) is 82.0 Å². The van der Waals surface area contributed by atoms with E-state index in [2.05, 4.69) is 25.3 Å². The molecule has 0 N–H and O–H groups in total. The van der Waals surface area contributed by atoms with Crippen LogP contribution in [-0.2, 0) is 0 Å². The van der Waals surface area contributed by atoms with Crippen molar-refractivity contribution in [2.45, 2.75) is 10.2 Å². The first kappa shape index (κ1) is 16.9. The van der Waals surface area contributed by atoms with Crippen LogP contribution in [0.4, 0.5) is 0 Å². The van der Waals surface area contributed by atoms with Crippen LogP contribution in [0.3, 0.4) is 0 Å². The van der Waals surface area contributed by atoms with Crippen molar-refractivity contribution < 1.29 is 4.42 Å². The minimum atomic E-state index is 0.395. The van der Waals surface area contributed by atoms with E-state index in [0.29, 0.717) is 21.9 Å². The maximum atomic E-state index is 5.93. The molecule has 0 saturated heterocycles. The molecule has 0 aliphatic heterocycles. The van der Waals surface area contributed by atoms with Crippen molar-refractivity contribution in [3.63, 3.8) is 0 Å². The lowest BCUT2D eigenvalue weighted by molar-refractivity contribution is 0.465. The second-order valence-corrected chi connectivity index (χ2v) is 7.21. The lowest BCUT2D eigenvalue weighted by Gasteiger charge is -2.05. The Balaban J connectivity index is 1.51. The van der Waals surface area contributed by atoms with Gasteiger partial charge in [0.2, 0.25) is 5.89 Å². The monoisotopic (exact) mass is 406 g/mol. The third kappa shape index (κ3) is 3.23. The zero-order chi connectivity index (χ0) is 18.9. The van der Waals surface area contributed by atoms with E-state index in [1.165, 1.54) is 18.1 Å². The maximum Gasteiger partial charge on any atom is 0.283 e. The van der Waals surface area contributed by atoms with Gasteiger partial charge in [-0.05, 0) is 42.1 Å². The second kappa shape index (κ2) is 7.06. The molecule has 0 radical (unpaired) electrons. The Hall–Kier alpha value is -3.23. The van der Waals surface area contributed by atoms with Crippen molar-refractivity contribution in [3.8, 4) is 22.7 Å². The van der Waals surface area contributed by atoms with E-state index in [-0.39, 0.29) is 0 Å². The first-order valence-corrected chi connectivity index (χ1v) is 9.49. The molecule has 3 aromatic heterocycles. The van der Waals surface area contributed by atoms with E-state index < -0.39 is 0 Å². The molecule has 5 aromatic rings. The molecular weight excluding hydrogens is 396 g/mol. The van der Waals surface area contributed by atoms with Gasteiger partial charge in [-0.15, -0.1) is 10.2 Å². The maximum absolute atomic E-state index is 5.93. The summed E-state index contributed by atoms with van der Waals surface area (Å²) in [5.74, 6) is 0.924. The molecule has 0 unspecified atom stereocenters. The summed E-state index contributed by atoms with van der Waals surface area (Å²) in [5.41, 5.74) is 2.58. The quantitative estimate of drug-likeness (QED) is 0.402. The molecule has 5 rings (SSSR count). The number of halogens is 1. The fourth-order valence-corrected chi connectivity index (χ4v) is 3.56. The van der Waals surface area contributed by atoms with Gasteiger partial charge in [0.1, 0.15) is 11.4 Å². The van der Waals surface area contributed by atoms with Gasteiger partial charge >= 0.3 is 0 Å². The summed E-state index contributed by atoms with van der Waals surface area (Å²) in [6.07, 6.45) is 1.47. The summed E-state index contributed by atoms with van der Waals surface area (Å²) in [7, 11) is 0. The van der Waals surface area contributed by atoms with Gasteiger partial charge in [-0.25, -0.2) is 4.98 Å². The molecule has 9 heteroatoms. The molecule has 0 spiro atoms. The van der Waals surface area contributed by atoms with E-state index in [4.69, 9.17) is 16.0 Å². The summed E-state index contributed by atoms with van der Waals surface area (Å²) in [6.45, 7) is 0.